The molecule has 0 spiro atoms. The topological polar surface area (TPSA) is 34.1 Å². The second kappa shape index (κ2) is 6.36. The number of aryl methyl sites for hydroxylation is 1. The van der Waals surface area contributed by atoms with E-state index < -0.39 is 19.0 Å². The van der Waals surface area contributed by atoms with Gasteiger partial charge in [-0.1, -0.05) is 0 Å². The third-order valence-electron chi connectivity index (χ3n) is 2.90. The normalized spacial score (nSPS) is 16.1. The van der Waals surface area contributed by atoms with Gasteiger partial charge in [-0.3, -0.25) is 0 Å². The summed E-state index contributed by atoms with van der Waals surface area (Å²) in [5.41, 5.74) is 0.822. The molecular weight excluding hydrogens is 296 g/mol. The molecule has 1 N–H and O–H groups in total. The Bertz CT molecular complexity index is 449. The minimum atomic E-state index is -4.11. The van der Waals surface area contributed by atoms with Crippen LogP contribution in [0.3, 0.4) is 0 Å². The van der Waals surface area contributed by atoms with E-state index in [-0.39, 0.29) is 6.61 Å². The molecule has 20 heavy (non-hydrogen) atoms. The van der Waals surface area contributed by atoms with Crippen molar-refractivity contribution < 1.29 is 22.3 Å². The Kier molecular flexibility index (Phi) is 4.98. The van der Waals surface area contributed by atoms with Crippen LogP contribution in [-0.2, 0) is 17.9 Å². The average molecular weight is 312 g/mol. The van der Waals surface area contributed by atoms with Crippen molar-refractivity contribution in [1.29, 1.82) is 0 Å². The summed E-state index contributed by atoms with van der Waals surface area (Å²) in [4.78, 5) is 5.22. The molecule has 0 radical (unpaired) electrons. The molecule has 1 heterocycles. The Morgan fingerprint density at radius 3 is 2.75 bits per heavy atom. The highest BCUT2D eigenvalue weighted by Gasteiger charge is 2.41. The molecule has 3 nitrogen and oxygen atoms in total. The maximum absolute atomic E-state index is 12.6. The fraction of sp³-hybridized carbons (Fsp3) is 0.750. The first-order chi connectivity index (χ1) is 9.38. The molecule has 0 bridgehead atoms. The maximum atomic E-state index is 12.6. The Balaban J connectivity index is 1.79. The van der Waals surface area contributed by atoms with Crippen LogP contribution in [-0.4, -0.2) is 30.0 Å². The van der Waals surface area contributed by atoms with Gasteiger partial charge in [0.2, 0.25) is 0 Å². The van der Waals surface area contributed by atoms with Gasteiger partial charge in [0, 0.05) is 17.5 Å². The number of ether oxygens (including phenoxy) is 1. The summed E-state index contributed by atoms with van der Waals surface area (Å²) in [6.45, 7) is 1.06. The molecule has 1 aliphatic carbocycles. The van der Waals surface area contributed by atoms with E-state index in [2.05, 4.69) is 15.0 Å². The van der Waals surface area contributed by atoms with Crippen LogP contribution in [0, 0.1) is 6.92 Å². The first kappa shape index (κ1) is 15.7. The van der Waals surface area contributed by atoms with Gasteiger partial charge in [-0.15, -0.1) is 11.3 Å². The number of hydrogen-bond donors (Lipinski definition) is 1. The van der Waals surface area contributed by atoms with Crippen LogP contribution in [0.5, 0.6) is 0 Å². The van der Waals surface area contributed by atoms with Crippen molar-refractivity contribution in [1.82, 2.24) is 10.3 Å². The summed E-state index contributed by atoms with van der Waals surface area (Å²) in [6.07, 6.45) is -1.36. The molecule has 8 heteroatoms. The van der Waals surface area contributed by atoms with E-state index in [4.69, 9.17) is 0 Å². The lowest BCUT2D eigenvalue weighted by Crippen LogP contribution is -2.32. The number of hydrogen-bond acceptors (Lipinski definition) is 4. The maximum Gasteiger partial charge on any atom is 0.330 e. The number of nitrogens with zero attached hydrogens (tertiary/aromatic N) is 1. The molecule has 1 saturated carbocycles. The lowest BCUT2D eigenvalue weighted by Gasteiger charge is -2.14. The highest BCUT2D eigenvalue weighted by molar-refractivity contribution is 7.11. The van der Waals surface area contributed by atoms with Crippen molar-refractivity contribution in [3.05, 3.63) is 15.6 Å². The van der Waals surface area contributed by atoms with Gasteiger partial charge < -0.3 is 10.1 Å². The zero-order valence-electron chi connectivity index (χ0n) is 11.0. The van der Waals surface area contributed by atoms with Crippen molar-refractivity contribution in [3.63, 3.8) is 0 Å². The SMILES string of the molecule is Cc1nc(COCC(F)(F)C(F)F)sc1CNC1CC1. The van der Waals surface area contributed by atoms with Crippen LogP contribution in [0.25, 0.3) is 0 Å². The Morgan fingerprint density at radius 1 is 1.45 bits per heavy atom. The molecule has 1 fully saturated rings. The summed E-state index contributed by atoms with van der Waals surface area (Å²) in [6, 6.07) is 0.570. The Labute approximate surface area is 118 Å². The van der Waals surface area contributed by atoms with E-state index >= 15 is 0 Å². The molecule has 0 aromatic carbocycles. The predicted molar refractivity (Wildman–Crippen MR) is 67.3 cm³/mol. The van der Waals surface area contributed by atoms with Crippen LogP contribution >= 0.6 is 11.3 Å². The highest BCUT2D eigenvalue weighted by atomic mass is 32.1. The lowest BCUT2D eigenvalue weighted by molar-refractivity contribution is -0.168. The number of rotatable bonds is 8. The van der Waals surface area contributed by atoms with Gasteiger partial charge in [0.1, 0.15) is 11.6 Å². The molecule has 114 valence electrons. The summed E-state index contributed by atoms with van der Waals surface area (Å²) < 4.78 is 53.8. The van der Waals surface area contributed by atoms with Gasteiger partial charge >= 0.3 is 12.3 Å². The minimum absolute atomic E-state index is 0.169. The van der Waals surface area contributed by atoms with Gasteiger partial charge in [0.15, 0.2) is 0 Å². The molecule has 0 saturated heterocycles. The third-order valence-corrected chi connectivity index (χ3v) is 4.04. The van der Waals surface area contributed by atoms with Crippen LogP contribution in [0.1, 0.15) is 28.4 Å². The van der Waals surface area contributed by atoms with Crippen molar-refractivity contribution in [2.75, 3.05) is 6.61 Å². The zero-order valence-corrected chi connectivity index (χ0v) is 11.8. The summed E-state index contributed by atoms with van der Waals surface area (Å²) in [5.74, 6) is -4.11. The first-order valence-corrected chi connectivity index (χ1v) is 7.12. The second-order valence-corrected chi connectivity index (χ2v) is 5.99. The van der Waals surface area contributed by atoms with Gasteiger partial charge in [-0.2, -0.15) is 8.78 Å². The van der Waals surface area contributed by atoms with Crippen LogP contribution in [0.15, 0.2) is 0 Å². The van der Waals surface area contributed by atoms with E-state index in [1.807, 2.05) is 6.92 Å². The smallest absolute Gasteiger partial charge is 0.330 e. The van der Waals surface area contributed by atoms with Gasteiger partial charge in [-0.25, -0.2) is 13.8 Å². The highest BCUT2D eigenvalue weighted by Crippen LogP contribution is 2.25. The predicted octanol–water partition coefficient (Wildman–Crippen LogP) is 3.12. The van der Waals surface area contributed by atoms with Crippen molar-refractivity contribution in [2.45, 2.75) is 51.3 Å². The van der Waals surface area contributed by atoms with E-state index in [0.29, 0.717) is 17.6 Å². The van der Waals surface area contributed by atoms with E-state index in [0.717, 1.165) is 10.6 Å². The average Bonchev–Trinajstić information content (AvgIpc) is 3.11. The fourth-order valence-electron chi connectivity index (χ4n) is 1.58. The molecule has 1 aromatic heterocycles. The van der Waals surface area contributed by atoms with Crippen LogP contribution in [0.2, 0.25) is 0 Å². The Hall–Kier alpha value is -0.730. The summed E-state index contributed by atoms with van der Waals surface area (Å²) in [7, 11) is 0. The molecular formula is C12H16F4N2OS. The summed E-state index contributed by atoms with van der Waals surface area (Å²) in [5, 5.41) is 3.86. The number of nitrogens with one attached hydrogen (secondary N) is 1. The monoisotopic (exact) mass is 312 g/mol. The second-order valence-electron chi connectivity index (χ2n) is 4.83. The van der Waals surface area contributed by atoms with Crippen LogP contribution in [0.4, 0.5) is 17.6 Å². The number of alkyl halides is 4. The number of halogens is 4. The van der Waals surface area contributed by atoms with E-state index in [9.17, 15) is 17.6 Å². The minimum Gasteiger partial charge on any atom is -0.368 e. The fourth-order valence-corrected chi connectivity index (χ4v) is 2.53. The van der Waals surface area contributed by atoms with Crippen molar-refractivity contribution in [2.24, 2.45) is 0 Å². The largest absolute Gasteiger partial charge is 0.368 e. The van der Waals surface area contributed by atoms with Gasteiger partial charge in [0.05, 0.1) is 12.3 Å². The molecule has 0 aliphatic heterocycles. The molecule has 2 rings (SSSR count). The first-order valence-electron chi connectivity index (χ1n) is 6.31. The molecule has 1 aromatic rings. The number of aromatic nitrogens is 1. The Morgan fingerprint density at radius 2 is 2.15 bits per heavy atom. The van der Waals surface area contributed by atoms with E-state index in [1.54, 1.807) is 0 Å². The quantitative estimate of drug-likeness (QED) is 0.749. The van der Waals surface area contributed by atoms with Gasteiger partial charge in [0.25, 0.3) is 0 Å². The van der Waals surface area contributed by atoms with Crippen LogP contribution < -0.4 is 5.32 Å². The van der Waals surface area contributed by atoms with Crippen molar-refractivity contribution in [3.8, 4) is 0 Å². The molecule has 0 unspecified atom stereocenters. The van der Waals surface area contributed by atoms with E-state index in [1.165, 1.54) is 24.2 Å². The molecule has 0 atom stereocenters. The zero-order chi connectivity index (χ0) is 14.8. The summed E-state index contributed by atoms with van der Waals surface area (Å²) >= 11 is 1.36. The molecule has 0 amide bonds. The number of thiazole rings is 1. The van der Waals surface area contributed by atoms with Crippen molar-refractivity contribution >= 4 is 11.3 Å². The standard InChI is InChI=1S/C12H16F4N2OS/c1-7-9(4-17-8-2-3-8)20-10(18-7)5-19-6-12(15,16)11(13)14/h8,11,17H,2-6H2,1H3. The third kappa shape index (κ3) is 4.39. The molecule has 1 aliphatic rings. The lowest BCUT2D eigenvalue weighted by atomic mass is 10.4. The van der Waals surface area contributed by atoms with Gasteiger partial charge in [-0.05, 0) is 19.8 Å².